The molecule has 1 aliphatic heterocycles. The van der Waals surface area contributed by atoms with E-state index in [1.807, 2.05) is 6.92 Å². The highest BCUT2D eigenvalue weighted by Crippen LogP contribution is 2.34. The van der Waals surface area contributed by atoms with E-state index in [2.05, 4.69) is 24.9 Å². The Morgan fingerprint density at radius 2 is 1.95 bits per heavy atom. The van der Waals surface area contributed by atoms with Crippen molar-refractivity contribution in [2.24, 2.45) is 0 Å². The number of carbonyl (C=O) groups is 3. The van der Waals surface area contributed by atoms with E-state index in [0.29, 0.717) is 46.7 Å². The topological polar surface area (TPSA) is 134 Å². The predicted molar refractivity (Wildman–Crippen MR) is 134 cm³/mol. The summed E-state index contributed by atoms with van der Waals surface area (Å²) in [6.45, 7) is 2.76. The minimum absolute atomic E-state index is 0.184. The fraction of sp³-hybridized carbons (Fsp3) is 0.269. The molecule has 0 aromatic carbocycles. The molecule has 0 radical (unpaired) electrons. The highest BCUT2D eigenvalue weighted by Gasteiger charge is 2.35. The van der Waals surface area contributed by atoms with Crippen LogP contribution < -0.4 is 4.74 Å². The quantitative estimate of drug-likeness (QED) is 0.316. The van der Waals surface area contributed by atoms with Crippen LogP contribution in [0.3, 0.4) is 0 Å². The number of pyridine rings is 2. The van der Waals surface area contributed by atoms with Crippen molar-refractivity contribution in [1.29, 1.82) is 0 Å². The Morgan fingerprint density at radius 1 is 1.08 bits per heavy atom. The van der Waals surface area contributed by atoms with Gasteiger partial charge in [-0.3, -0.25) is 29.3 Å². The summed E-state index contributed by atoms with van der Waals surface area (Å²) in [5, 5.41) is 0.451. The zero-order valence-electron chi connectivity index (χ0n) is 20.4. The Morgan fingerprint density at radius 3 is 2.65 bits per heavy atom. The largest absolute Gasteiger partial charge is 0.494 e. The standard InChI is InChI=1S/C26H25N7O4/c1-3-16-15-32(10-11-33(16)25(35)18-6-4-5-7-28-18)26(36)24(34)17-12-30-23-21(17)20(37-2)14-31-22(23)19-13-27-8-9-29-19/h4-9,12-14,16,30H,3,10-11,15H2,1-2H3. The molecule has 4 aromatic heterocycles. The molecule has 4 aromatic rings. The number of aromatic amines is 1. The predicted octanol–water partition coefficient (Wildman–Crippen LogP) is 2.37. The van der Waals surface area contributed by atoms with Gasteiger partial charge in [-0.1, -0.05) is 13.0 Å². The van der Waals surface area contributed by atoms with Gasteiger partial charge in [0.2, 0.25) is 0 Å². The fourth-order valence-electron chi connectivity index (χ4n) is 4.62. The Hall–Kier alpha value is -4.67. The molecule has 2 amide bonds. The number of Topliss-reactive ketones (excluding diaryl/α,β-unsaturated/α-hetero) is 1. The third kappa shape index (κ3) is 4.39. The normalized spacial score (nSPS) is 15.6. The number of rotatable bonds is 6. The summed E-state index contributed by atoms with van der Waals surface area (Å²) >= 11 is 0. The fourth-order valence-corrected chi connectivity index (χ4v) is 4.62. The van der Waals surface area contributed by atoms with Gasteiger partial charge < -0.3 is 19.5 Å². The molecular formula is C26H25N7O4. The van der Waals surface area contributed by atoms with Crippen LogP contribution in [-0.2, 0) is 4.79 Å². The van der Waals surface area contributed by atoms with E-state index in [9.17, 15) is 14.4 Å². The van der Waals surface area contributed by atoms with Crippen molar-refractivity contribution in [3.8, 4) is 17.1 Å². The van der Waals surface area contributed by atoms with Crippen LogP contribution in [0.1, 0.15) is 34.2 Å². The van der Waals surface area contributed by atoms with E-state index in [-0.39, 0.29) is 30.6 Å². The van der Waals surface area contributed by atoms with Crippen LogP contribution in [0, 0.1) is 0 Å². The number of amides is 2. The van der Waals surface area contributed by atoms with Crippen molar-refractivity contribution in [2.75, 3.05) is 26.7 Å². The van der Waals surface area contributed by atoms with E-state index < -0.39 is 11.7 Å². The molecule has 1 N–H and O–H groups in total. The highest BCUT2D eigenvalue weighted by molar-refractivity contribution is 6.45. The zero-order valence-corrected chi connectivity index (χ0v) is 20.4. The first-order chi connectivity index (χ1) is 18.0. The summed E-state index contributed by atoms with van der Waals surface area (Å²) in [6, 6.07) is 4.96. The van der Waals surface area contributed by atoms with E-state index in [0.717, 1.165) is 0 Å². The minimum atomic E-state index is -0.666. The number of piperazine rings is 1. The zero-order chi connectivity index (χ0) is 25.9. The van der Waals surface area contributed by atoms with Crippen molar-refractivity contribution < 1.29 is 19.1 Å². The van der Waals surface area contributed by atoms with Gasteiger partial charge >= 0.3 is 0 Å². The van der Waals surface area contributed by atoms with Gasteiger partial charge in [-0.25, -0.2) is 4.98 Å². The summed E-state index contributed by atoms with van der Waals surface area (Å²) in [5.74, 6) is -1.13. The van der Waals surface area contributed by atoms with Gasteiger partial charge in [0, 0.05) is 50.5 Å². The van der Waals surface area contributed by atoms with E-state index in [1.165, 1.54) is 24.4 Å². The number of H-pyrrole nitrogens is 1. The summed E-state index contributed by atoms with van der Waals surface area (Å²) in [5.41, 5.74) is 2.07. The van der Waals surface area contributed by atoms with Crippen LogP contribution in [0.5, 0.6) is 5.75 Å². The molecular weight excluding hydrogens is 474 g/mol. The number of nitrogens with zero attached hydrogens (tertiary/aromatic N) is 6. The summed E-state index contributed by atoms with van der Waals surface area (Å²) in [6.07, 6.45) is 9.87. The number of fused-ring (bicyclic) bond motifs is 1. The number of nitrogens with one attached hydrogen (secondary N) is 1. The lowest BCUT2D eigenvalue weighted by molar-refractivity contribution is -0.129. The molecule has 5 heterocycles. The molecule has 0 bridgehead atoms. The van der Waals surface area contributed by atoms with Crippen LogP contribution in [-0.4, -0.2) is 85.1 Å². The first-order valence-corrected chi connectivity index (χ1v) is 11.9. The van der Waals surface area contributed by atoms with Gasteiger partial charge in [0.15, 0.2) is 0 Å². The Labute approximate surface area is 212 Å². The molecule has 37 heavy (non-hydrogen) atoms. The van der Waals surface area contributed by atoms with Gasteiger partial charge in [0.25, 0.3) is 17.6 Å². The van der Waals surface area contributed by atoms with Gasteiger partial charge in [-0.2, -0.15) is 0 Å². The lowest BCUT2D eigenvalue weighted by Gasteiger charge is -2.40. The lowest BCUT2D eigenvalue weighted by atomic mass is 10.0. The summed E-state index contributed by atoms with van der Waals surface area (Å²) in [7, 11) is 1.48. The molecule has 188 valence electrons. The Balaban J connectivity index is 1.41. The van der Waals surface area contributed by atoms with Gasteiger partial charge in [-0.15, -0.1) is 0 Å². The van der Waals surface area contributed by atoms with Crippen molar-refractivity contribution >= 4 is 28.5 Å². The van der Waals surface area contributed by atoms with Crippen LogP contribution in [0.4, 0.5) is 0 Å². The first-order valence-electron chi connectivity index (χ1n) is 11.9. The maximum Gasteiger partial charge on any atom is 0.295 e. The molecule has 11 heteroatoms. The number of hydrogen-bond acceptors (Lipinski definition) is 8. The third-order valence-electron chi connectivity index (χ3n) is 6.52. The van der Waals surface area contributed by atoms with Gasteiger partial charge in [-0.05, 0) is 18.6 Å². The second kappa shape index (κ2) is 10.1. The molecule has 1 aliphatic rings. The molecule has 1 unspecified atom stereocenters. The average molecular weight is 500 g/mol. The molecule has 1 fully saturated rings. The maximum absolute atomic E-state index is 13.5. The lowest BCUT2D eigenvalue weighted by Crippen LogP contribution is -2.57. The van der Waals surface area contributed by atoms with Crippen molar-refractivity contribution in [3.05, 3.63) is 66.6 Å². The van der Waals surface area contributed by atoms with Crippen molar-refractivity contribution in [1.82, 2.24) is 34.7 Å². The third-order valence-corrected chi connectivity index (χ3v) is 6.52. The molecule has 0 aliphatic carbocycles. The number of hydrogen-bond donors (Lipinski definition) is 1. The van der Waals surface area contributed by atoms with Crippen LogP contribution in [0.15, 0.2) is 55.4 Å². The molecule has 0 spiro atoms. The Bertz CT molecular complexity index is 1460. The molecule has 1 saturated heterocycles. The number of ether oxygens (including phenoxy) is 1. The first kappa shape index (κ1) is 24.0. The monoisotopic (exact) mass is 499 g/mol. The van der Waals surface area contributed by atoms with Crippen molar-refractivity contribution in [3.63, 3.8) is 0 Å². The van der Waals surface area contributed by atoms with E-state index in [4.69, 9.17) is 4.74 Å². The van der Waals surface area contributed by atoms with Gasteiger partial charge in [0.05, 0.1) is 36.0 Å². The van der Waals surface area contributed by atoms with E-state index >= 15 is 0 Å². The SMILES string of the molecule is CCC1CN(C(=O)C(=O)c2c[nH]c3c(-c4cnccn4)ncc(OC)c23)CCN1C(=O)c1ccccn1. The van der Waals surface area contributed by atoms with E-state index in [1.54, 1.807) is 47.9 Å². The average Bonchev–Trinajstić information content (AvgIpc) is 3.41. The maximum atomic E-state index is 13.5. The van der Waals surface area contributed by atoms with Crippen LogP contribution in [0.25, 0.3) is 22.3 Å². The van der Waals surface area contributed by atoms with Crippen LogP contribution >= 0.6 is 0 Å². The summed E-state index contributed by atoms with van der Waals surface area (Å²) < 4.78 is 5.46. The number of aromatic nitrogens is 5. The van der Waals surface area contributed by atoms with Gasteiger partial charge in [0.1, 0.15) is 22.8 Å². The highest BCUT2D eigenvalue weighted by atomic mass is 16.5. The Kier molecular flexibility index (Phi) is 6.59. The molecule has 1 atom stereocenters. The number of methoxy groups -OCH3 is 1. The minimum Gasteiger partial charge on any atom is -0.494 e. The number of ketones is 1. The molecule has 5 rings (SSSR count). The second-order valence-corrected chi connectivity index (χ2v) is 8.57. The smallest absolute Gasteiger partial charge is 0.295 e. The van der Waals surface area contributed by atoms with Crippen molar-refractivity contribution in [2.45, 2.75) is 19.4 Å². The second-order valence-electron chi connectivity index (χ2n) is 8.57. The van der Waals surface area contributed by atoms with Crippen LogP contribution in [0.2, 0.25) is 0 Å². The number of carbonyl (C=O) groups excluding carboxylic acids is 3. The molecule has 11 nitrogen and oxygen atoms in total. The molecule has 0 saturated carbocycles. The summed E-state index contributed by atoms with van der Waals surface area (Å²) in [4.78, 5) is 63.1.